The molecule has 4 aromatic rings. The van der Waals surface area contributed by atoms with Crippen molar-refractivity contribution in [2.45, 2.75) is 17.6 Å². The van der Waals surface area contributed by atoms with Gasteiger partial charge in [0.15, 0.2) is 0 Å². The third kappa shape index (κ3) is 5.84. The smallest absolute Gasteiger partial charge is 0.324 e. The molecule has 0 saturated heterocycles. The predicted molar refractivity (Wildman–Crippen MR) is 123 cm³/mol. The number of carbonyl (C=O) groups excluding carboxylic acids is 2. The maximum Gasteiger partial charge on any atom is 0.433 e. The Balaban J connectivity index is 1.45. The summed E-state index contributed by atoms with van der Waals surface area (Å²) in [6.07, 6.45) is -3.14. The lowest BCUT2D eigenvalue weighted by atomic mass is 10.2. The number of primary sulfonamides is 1. The van der Waals surface area contributed by atoms with Crippen LogP contribution in [0.5, 0.6) is 0 Å². The van der Waals surface area contributed by atoms with E-state index in [-0.39, 0.29) is 22.8 Å². The van der Waals surface area contributed by atoms with Gasteiger partial charge in [-0.1, -0.05) is 12.1 Å². The van der Waals surface area contributed by atoms with Crippen molar-refractivity contribution in [3.8, 4) is 0 Å². The highest BCUT2D eigenvalue weighted by atomic mass is 32.2. The van der Waals surface area contributed by atoms with Gasteiger partial charge < -0.3 is 10.6 Å². The van der Waals surface area contributed by atoms with Crippen molar-refractivity contribution in [1.82, 2.24) is 14.8 Å². The monoisotopic (exact) mass is 518 g/mol. The van der Waals surface area contributed by atoms with Gasteiger partial charge >= 0.3 is 6.18 Å². The highest BCUT2D eigenvalue weighted by molar-refractivity contribution is 7.89. The third-order valence-corrected chi connectivity index (χ3v) is 5.74. The summed E-state index contributed by atoms with van der Waals surface area (Å²) in [5, 5.41) is 14.9. The molecule has 0 unspecified atom stereocenters. The molecule has 4 N–H and O–H groups in total. The Morgan fingerprint density at radius 3 is 2.42 bits per heavy atom. The van der Waals surface area contributed by atoms with Crippen LogP contribution in [0.2, 0.25) is 0 Å². The fourth-order valence-electron chi connectivity index (χ4n) is 3.25. The van der Waals surface area contributed by atoms with Gasteiger partial charge in [-0.2, -0.15) is 18.3 Å². The van der Waals surface area contributed by atoms with Gasteiger partial charge in [0.1, 0.15) is 17.9 Å². The van der Waals surface area contributed by atoms with Crippen molar-refractivity contribution in [3.63, 3.8) is 0 Å². The van der Waals surface area contributed by atoms with Gasteiger partial charge in [0.05, 0.1) is 10.4 Å². The lowest BCUT2D eigenvalue weighted by molar-refractivity contribution is -0.141. The fraction of sp³-hybridized carbons (Fsp3) is 0.0909. The minimum absolute atomic E-state index is 0.153. The van der Waals surface area contributed by atoms with Crippen LogP contribution in [0.3, 0.4) is 0 Å². The molecule has 0 spiro atoms. The zero-order chi connectivity index (χ0) is 26.1. The molecule has 10 nitrogen and oxygen atoms in total. The van der Waals surface area contributed by atoms with Gasteiger partial charge in [-0.25, -0.2) is 18.5 Å². The molecule has 186 valence electrons. The van der Waals surface area contributed by atoms with Crippen molar-refractivity contribution in [1.29, 1.82) is 0 Å². The Morgan fingerprint density at radius 1 is 0.972 bits per heavy atom. The summed E-state index contributed by atoms with van der Waals surface area (Å²) < 4.78 is 62.8. The first kappa shape index (κ1) is 24.8. The summed E-state index contributed by atoms with van der Waals surface area (Å²) in [5.41, 5.74) is -0.563. The molecule has 0 fully saturated rings. The summed E-state index contributed by atoms with van der Waals surface area (Å²) in [7, 11) is -3.93. The molecule has 0 atom stereocenters. The molecule has 36 heavy (non-hydrogen) atoms. The second kappa shape index (κ2) is 9.39. The molecule has 2 aromatic heterocycles. The van der Waals surface area contributed by atoms with Gasteiger partial charge in [0.2, 0.25) is 15.9 Å². The molecule has 2 heterocycles. The molecular weight excluding hydrogens is 501 g/mol. The fourth-order valence-corrected chi connectivity index (χ4v) is 3.81. The van der Waals surface area contributed by atoms with Crippen LogP contribution in [0, 0.1) is 0 Å². The molecule has 2 aromatic carbocycles. The van der Waals surface area contributed by atoms with Crippen LogP contribution in [0.15, 0.2) is 71.8 Å². The van der Waals surface area contributed by atoms with E-state index in [9.17, 15) is 31.2 Å². The first-order chi connectivity index (χ1) is 16.9. The summed E-state index contributed by atoms with van der Waals surface area (Å²) >= 11 is 0. The predicted octanol–water partition coefficient (Wildman–Crippen LogP) is 2.99. The van der Waals surface area contributed by atoms with Crippen LogP contribution in [-0.2, 0) is 27.5 Å². The Labute approximate surface area is 202 Å². The topological polar surface area (TPSA) is 149 Å². The molecule has 0 aliphatic rings. The molecule has 0 aliphatic carbocycles. The van der Waals surface area contributed by atoms with E-state index < -0.39 is 39.4 Å². The van der Waals surface area contributed by atoms with Crippen molar-refractivity contribution in [2.24, 2.45) is 5.14 Å². The molecule has 0 saturated carbocycles. The molecule has 0 radical (unpaired) electrons. The van der Waals surface area contributed by atoms with E-state index in [1.807, 2.05) is 0 Å². The maximum absolute atomic E-state index is 12.9. The van der Waals surface area contributed by atoms with Gasteiger partial charge in [-0.05, 0) is 48.5 Å². The molecule has 14 heteroatoms. The maximum atomic E-state index is 12.9. The number of nitrogens with one attached hydrogen (secondary N) is 2. The minimum atomic E-state index is -4.68. The number of aromatic nitrogens is 3. The number of benzene rings is 2. The minimum Gasteiger partial charge on any atom is -0.324 e. The number of anilines is 2. The Kier molecular flexibility index (Phi) is 6.47. The van der Waals surface area contributed by atoms with E-state index in [2.05, 4.69) is 20.7 Å². The number of hydrogen-bond donors (Lipinski definition) is 3. The number of alkyl halides is 3. The average Bonchev–Trinajstić information content (AvgIpc) is 3.19. The Hall–Kier alpha value is -4.30. The highest BCUT2D eigenvalue weighted by Gasteiger charge is 2.33. The molecular formula is C22H17F3N6O4S. The van der Waals surface area contributed by atoms with Crippen molar-refractivity contribution in [2.75, 3.05) is 10.6 Å². The number of hydrogen-bond acceptors (Lipinski definition) is 6. The highest BCUT2D eigenvalue weighted by Crippen LogP contribution is 2.27. The number of nitrogens with zero attached hydrogens (tertiary/aromatic N) is 3. The SMILES string of the molecule is NS(=O)(=O)c1cccc(NC(=O)Cn2cc3cc(NC(=O)c4cccc(C(F)(F)F)n4)ccc3n2)c1. The van der Waals surface area contributed by atoms with Crippen molar-refractivity contribution >= 4 is 44.1 Å². The summed E-state index contributed by atoms with van der Waals surface area (Å²) in [5.74, 6) is -1.31. The van der Waals surface area contributed by atoms with E-state index in [1.54, 1.807) is 6.07 Å². The van der Waals surface area contributed by atoms with Crippen LogP contribution in [0.25, 0.3) is 10.9 Å². The summed E-state index contributed by atoms with van der Waals surface area (Å²) in [6.45, 7) is -0.204. The zero-order valence-electron chi connectivity index (χ0n) is 18.2. The third-order valence-electron chi connectivity index (χ3n) is 4.83. The van der Waals surface area contributed by atoms with Crippen LogP contribution < -0.4 is 15.8 Å². The van der Waals surface area contributed by atoms with Crippen LogP contribution in [-0.4, -0.2) is 35.0 Å². The Morgan fingerprint density at radius 2 is 1.69 bits per heavy atom. The van der Waals surface area contributed by atoms with E-state index in [1.165, 1.54) is 53.3 Å². The number of fused-ring (bicyclic) bond motifs is 1. The summed E-state index contributed by atoms with van der Waals surface area (Å²) in [6, 6.07) is 13.1. The standard InChI is InChI=1S/C22H17F3N6O4S/c23-22(24,25)19-6-2-5-18(29-19)21(33)28-15-7-8-17-13(9-15)11-31(30-17)12-20(32)27-14-3-1-4-16(10-14)36(26,34)35/h1-11H,12H2,(H,27,32)(H,28,33)(H2,26,34,35). The summed E-state index contributed by atoms with van der Waals surface area (Å²) in [4.78, 5) is 28.0. The molecule has 2 amide bonds. The van der Waals surface area contributed by atoms with E-state index in [4.69, 9.17) is 5.14 Å². The Bertz CT molecular complexity index is 1580. The normalized spacial score (nSPS) is 11.9. The lowest BCUT2D eigenvalue weighted by Crippen LogP contribution is -2.19. The van der Waals surface area contributed by atoms with E-state index in [0.29, 0.717) is 10.9 Å². The first-order valence-electron chi connectivity index (χ1n) is 10.1. The first-order valence-corrected chi connectivity index (χ1v) is 11.7. The number of nitrogens with two attached hydrogens (primary N) is 1. The van der Waals surface area contributed by atoms with Gasteiger partial charge in [-0.3, -0.25) is 14.3 Å². The number of amides is 2. The number of pyridine rings is 1. The molecule has 4 rings (SSSR count). The van der Waals surface area contributed by atoms with Gasteiger partial charge in [0.25, 0.3) is 5.91 Å². The largest absolute Gasteiger partial charge is 0.433 e. The number of halogens is 3. The van der Waals surface area contributed by atoms with Gasteiger partial charge in [0, 0.05) is 23.0 Å². The second-order valence-corrected chi connectivity index (χ2v) is 9.14. The average molecular weight is 518 g/mol. The van der Waals surface area contributed by atoms with Crippen LogP contribution in [0.4, 0.5) is 24.5 Å². The van der Waals surface area contributed by atoms with Gasteiger partial charge in [-0.15, -0.1) is 0 Å². The van der Waals surface area contributed by atoms with Crippen molar-refractivity contribution < 1.29 is 31.2 Å². The zero-order valence-corrected chi connectivity index (χ0v) is 19.0. The van der Waals surface area contributed by atoms with E-state index in [0.717, 1.165) is 12.1 Å². The quantitative estimate of drug-likeness (QED) is 0.357. The number of carbonyl (C=O) groups is 2. The van der Waals surface area contributed by atoms with E-state index >= 15 is 0 Å². The lowest BCUT2D eigenvalue weighted by Gasteiger charge is -2.08. The van der Waals surface area contributed by atoms with Crippen LogP contribution in [0.1, 0.15) is 16.2 Å². The number of rotatable bonds is 6. The molecule has 0 bridgehead atoms. The number of sulfonamides is 1. The van der Waals surface area contributed by atoms with Crippen LogP contribution >= 0.6 is 0 Å². The van der Waals surface area contributed by atoms with Crippen molar-refractivity contribution in [3.05, 3.63) is 78.2 Å². The molecule has 0 aliphatic heterocycles. The second-order valence-electron chi connectivity index (χ2n) is 7.58.